The molecule has 1 heterocycles. The maximum absolute atomic E-state index is 14.5. The van der Waals surface area contributed by atoms with Gasteiger partial charge in [-0.3, -0.25) is 0 Å². The molecular formula is C18H30FN3O2Si. The van der Waals surface area contributed by atoms with Gasteiger partial charge in [0.1, 0.15) is 23.8 Å². The highest BCUT2D eigenvalue weighted by Gasteiger charge is 2.19. The quantitative estimate of drug-likeness (QED) is 0.501. The van der Waals surface area contributed by atoms with Crippen LogP contribution in [-0.2, 0) is 17.9 Å². The minimum atomic E-state index is -1.15. The van der Waals surface area contributed by atoms with Crippen molar-refractivity contribution in [1.29, 1.82) is 0 Å². The summed E-state index contributed by atoms with van der Waals surface area (Å²) in [7, 11) is 4.47. The van der Waals surface area contributed by atoms with Crippen LogP contribution in [-0.4, -0.2) is 57.1 Å². The Labute approximate surface area is 150 Å². The first-order chi connectivity index (χ1) is 11.7. The van der Waals surface area contributed by atoms with Crippen molar-refractivity contribution in [1.82, 2.24) is 14.7 Å². The molecular weight excluding hydrogens is 337 g/mol. The second-order valence-electron chi connectivity index (χ2n) is 7.82. The van der Waals surface area contributed by atoms with E-state index >= 15 is 0 Å². The highest BCUT2D eigenvalue weighted by Crippen LogP contribution is 2.31. The fourth-order valence-electron chi connectivity index (χ4n) is 2.62. The van der Waals surface area contributed by atoms with Crippen molar-refractivity contribution in [2.45, 2.75) is 38.8 Å². The Kier molecular flexibility index (Phi) is 6.59. The molecule has 140 valence electrons. The second kappa shape index (κ2) is 8.29. The summed E-state index contributed by atoms with van der Waals surface area (Å²) in [6.45, 7) is 8.70. The predicted molar refractivity (Wildman–Crippen MR) is 103 cm³/mol. The van der Waals surface area contributed by atoms with Crippen molar-refractivity contribution < 1.29 is 13.9 Å². The molecule has 0 aliphatic carbocycles. The van der Waals surface area contributed by atoms with Crippen molar-refractivity contribution in [3.8, 4) is 5.75 Å². The van der Waals surface area contributed by atoms with Gasteiger partial charge in [0, 0.05) is 27.6 Å². The molecule has 0 spiro atoms. The molecule has 2 rings (SSSR count). The Hall–Kier alpha value is -1.44. The Morgan fingerprint density at radius 2 is 1.96 bits per heavy atom. The van der Waals surface area contributed by atoms with Gasteiger partial charge in [0.05, 0.1) is 18.2 Å². The molecule has 0 aliphatic rings. The monoisotopic (exact) mass is 367 g/mol. The molecule has 0 saturated heterocycles. The number of hydrogen-bond donors (Lipinski definition) is 0. The van der Waals surface area contributed by atoms with E-state index in [2.05, 4.69) is 29.6 Å². The highest BCUT2D eigenvalue weighted by molar-refractivity contribution is 6.76. The first-order valence-electron chi connectivity index (χ1n) is 8.67. The van der Waals surface area contributed by atoms with Crippen molar-refractivity contribution in [2.24, 2.45) is 0 Å². The average Bonchev–Trinajstić information content (AvgIpc) is 2.89. The minimum absolute atomic E-state index is 0.257. The van der Waals surface area contributed by atoms with Gasteiger partial charge < -0.3 is 14.4 Å². The zero-order valence-electron chi connectivity index (χ0n) is 16.2. The van der Waals surface area contributed by atoms with E-state index in [-0.39, 0.29) is 12.5 Å². The van der Waals surface area contributed by atoms with Crippen LogP contribution in [0.15, 0.2) is 12.1 Å². The summed E-state index contributed by atoms with van der Waals surface area (Å²) >= 11 is 0. The van der Waals surface area contributed by atoms with E-state index in [1.165, 1.54) is 6.07 Å². The lowest BCUT2D eigenvalue weighted by atomic mass is 10.1. The lowest BCUT2D eigenvalue weighted by Gasteiger charge is -2.15. The molecule has 0 atom stereocenters. The molecule has 1 aromatic carbocycles. The van der Waals surface area contributed by atoms with E-state index in [1.807, 2.05) is 14.1 Å². The first-order valence-corrected chi connectivity index (χ1v) is 12.4. The summed E-state index contributed by atoms with van der Waals surface area (Å²) in [4.78, 5) is 2.08. The average molecular weight is 368 g/mol. The first kappa shape index (κ1) is 19.9. The van der Waals surface area contributed by atoms with E-state index in [0.717, 1.165) is 30.1 Å². The van der Waals surface area contributed by atoms with Crippen LogP contribution < -0.4 is 4.74 Å². The molecule has 2 aromatic rings. The highest BCUT2D eigenvalue weighted by atomic mass is 28.3. The van der Waals surface area contributed by atoms with Crippen LogP contribution in [0.25, 0.3) is 10.9 Å². The lowest BCUT2D eigenvalue weighted by molar-refractivity contribution is 0.0810. The van der Waals surface area contributed by atoms with E-state index in [0.29, 0.717) is 17.9 Å². The van der Waals surface area contributed by atoms with Gasteiger partial charge in [-0.05, 0) is 32.3 Å². The standard InChI is InChI=1S/C18H30FN3O2Si/c1-21(2)10-9-15-17-16(23-3)8-7-14(19)18(17)22(20-15)13-24-11-12-25(4,5)6/h7-8H,9-13H2,1-6H3. The molecule has 7 heteroatoms. The summed E-state index contributed by atoms with van der Waals surface area (Å²) in [6.07, 6.45) is 0.727. The van der Waals surface area contributed by atoms with Crippen LogP contribution in [0.4, 0.5) is 4.39 Å². The molecule has 0 saturated carbocycles. The second-order valence-corrected chi connectivity index (χ2v) is 13.4. The third-order valence-corrected chi connectivity index (χ3v) is 5.81. The molecule has 0 radical (unpaired) electrons. The number of likely N-dealkylation sites (N-methyl/N-ethyl adjacent to an activating group) is 1. The summed E-state index contributed by atoms with van der Waals surface area (Å²) in [6, 6.07) is 4.16. The summed E-state index contributed by atoms with van der Waals surface area (Å²) in [5, 5.41) is 5.37. The van der Waals surface area contributed by atoms with Crippen LogP contribution in [0.5, 0.6) is 5.75 Å². The van der Waals surface area contributed by atoms with E-state index < -0.39 is 8.07 Å². The smallest absolute Gasteiger partial charge is 0.149 e. The van der Waals surface area contributed by atoms with Gasteiger partial charge in [0.25, 0.3) is 0 Å². The SMILES string of the molecule is COc1ccc(F)c2c1c(CCN(C)C)nn2COCC[Si](C)(C)C. The maximum atomic E-state index is 14.5. The predicted octanol–water partition coefficient (Wildman–Crippen LogP) is 3.60. The fraction of sp³-hybridized carbons (Fsp3) is 0.611. The molecule has 0 N–H and O–H groups in total. The number of aromatic nitrogens is 2. The number of ether oxygens (including phenoxy) is 2. The van der Waals surface area contributed by atoms with Crippen LogP contribution in [0.2, 0.25) is 25.7 Å². The van der Waals surface area contributed by atoms with Crippen molar-refractivity contribution >= 4 is 19.0 Å². The molecule has 0 fully saturated rings. The van der Waals surface area contributed by atoms with Gasteiger partial charge >= 0.3 is 0 Å². The third kappa shape index (κ3) is 5.26. The number of fused-ring (bicyclic) bond motifs is 1. The van der Waals surface area contributed by atoms with Crippen molar-refractivity contribution in [2.75, 3.05) is 34.4 Å². The lowest BCUT2D eigenvalue weighted by Crippen LogP contribution is -2.22. The van der Waals surface area contributed by atoms with Gasteiger partial charge in [-0.2, -0.15) is 5.10 Å². The Morgan fingerprint density at radius 1 is 1.24 bits per heavy atom. The third-order valence-electron chi connectivity index (χ3n) is 4.10. The van der Waals surface area contributed by atoms with Crippen molar-refractivity contribution in [3.63, 3.8) is 0 Å². The Morgan fingerprint density at radius 3 is 2.56 bits per heavy atom. The van der Waals surface area contributed by atoms with Crippen LogP contribution in [0.1, 0.15) is 5.69 Å². The summed E-state index contributed by atoms with van der Waals surface area (Å²) in [5.74, 6) is 0.353. The van der Waals surface area contributed by atoms with Gasteiger partial charge in [0.2, 0.25) is 0 Å². The zero-order valence-corrected chi connectivity index (χ0v) is 17.2. The van der Waals surface area contributed by atoms with E-state index in [4.69, 9.17) is 9.47 Å². The van der Waals surface area contributed by atoms with E-state index in [1.54, 1.807) is 17.9 Å². The largest absolute Gasteiger partial charge is 0.496 e. The van der Waals surface area contributed by atoms with Gasteiger partial charge in [-0.15, -0.1) is 0 Å². The van der Waals surface area contributed by atoms with Gasteiger partial charge in [0.15, 0.2) is 0 Å². The summed E-state index contributed by atoms with van der Waals surface area (Å²) < 4.78 is 27.4. The Balaban J connectivity index is 2.29. The number of halogens is 1. The van der Waals surface area contributed by atoms with Crippen LogP contribution in [0.3, 0.4) is 0 Å². The number of nitrogens with zero attached hydrogens (tertiary/aromatic N) is 3. The molecule has 25 heavy (non-hydrogen) atoms. The van der Waals surface area contributed by atoms with Gasteiger partial charge in [-0.25, -0.2) is 9.07 Å². The number of hydrogen-bond acceptors (Lipinski definition) is 4. The number of benzene rings is 1. The summed E-state index contributed by atoms with van der Waals surface area (Å²) in [5.41, 5.74) is 1.30. The minimum Gasteiger partial charge on any atom is -0.496 e. The molecule has 5 nitrogen and oxygen atoms in total. The zero-order chi connectivity index (χ0) is 18.6. The molecule has 0 amide bonds. The number of methoxy groups -OCH3 is 1. The maximum Gasteiger partial charge on any atom is 0.149 e. The van der Waals surface area contributed by atoms with Crippen LogP contribution in [0, 0.1) is 5.82 Å². The molecule has 0 unspecified atom stereocenters. The van der Waals surface area contributed by atoms with Gasteiger partial charge in [-0.1, -0.05) is 19.6 Å². The van der Waals surface area contributed by atoms with Crippen LogP contribution >= 0.6 is 0 Å². The van der Waals surface area contributed by atoms with E-state index in [9.17, 15) is 4.39 Å². The Bertz CT molecular complexity index is 710. The molecule has 1 aromatic heterocycles. The topological polar surface area (TPSA) is 39.5 Å². The normalized spacial score (nSPS) is 12.3. The van der Waals surface area contributed by atoms with Crippen molar-refractivity contribution in [3.05, 3.63) is 23.6 Å². The molecule has 0 bridgehead atoms. The number of rotatable bonds is 9. The molecule has 0 aliphatic heterocycles. The fourth-order valence-corrected chi connectivity index (χ4v) is 3.38.